The van der Waals surface area contributed by atoms with Crippen LogP contribution in [0.5, 0.6) is 0 Å². The van der Waals surface area contributed by atoms with Crippen molar-refractivity contribution < 1.29 is 9.53 Å². The molecule has 2 atom stereocenters. The lowest BCUT2D eigenvalue weighted by Crippen LogP contribution is -2.37. The molecule has 1 aromatic carbocycles. The third-order valence-electron chi connectivity index (χ3n) is 4.75. The summed E-state index contributed by atoms with van der Waals surface area (Å²) in [6.07, 6.45) is 0.811. The second-order valence-electron chi connectivity index (χ2n) is 7.80. The SMILES string of the molecule is CCNC(c1cccc(C)c1C)C1CCN(C(=O)OC(C)(C)C)C1. The van der Waals surface area contributed by atoms with Crippen LogP contribution < -0.4 is 5.32 Å². The van der Waals surface area contributed by atoms with Crippen LogP contribution in [0.25, 0.3) is 0 Å². The summed E-state index contributed by atoms with van der Waals surface area (Å²) in [5.41, 5.74) is 3.58. The molecule has 2 unspecified atom stereocenters. The molecule has 1 aromatic rings. The van der Waals surface area contributed by atoms with Gasteiger partial charge in [-0.3, -0.25) is 0 Å². The van der Waals surface area contributed by atoms with E-state index < -0.39 is 5.60 Å². The Morgan fingerprint density at radius 2 is 2.08 bits per heavy atom. The zero-order valence-corrected chi connectivity index (χ0v) is 16.0. The number of likely N-dealkylation sites (tertiary alicyclic amines) is 1. The molecule has 2 rings (SSSR count). The largest absolute Gasteiger partial charge is 0.444 e. The van der Waals surface area contributed by atoms with E-state index >= 15 is 0 Å². The summed E-state index contributed by atoms with van der Waals surface area (Å²) in [4.78, 5) is 14.2. The zero-order chi connectivity index (χ0) is 17.9. The predicted molar refractivity (Wildman–Crippen MR) is 98.2 cm³/mol. The first-order valence-corrected chi connectivity index (χ1v) is 9.00. The fourth-order valence-electron chi connectivity index (χ4n) is 3.41. The highest BCUT2D eigenvalue weighted by molar-refractivity contribution is 5.68. The molecule has 1 saturated heterocycles. The monoisotopic (exact) mass is 332 g/mol. The van der Waals surface area contributed by atoms with E-state index in [1.54, 1.807) is 0 Å². The summed E-state index contributed by atoms with van der Waals surface area (Å²) >= 11 is 0. The first-order valence-electron chi connectivity index (χ1n) is 9.00. The Bertz CT molecular complexity index is 577. The van der Waals surface area contributed by atoms with Crippen molar-refractivity contribution in [1.82, 2.24) is 10.2 Å². The Labute approximate surface area is 146 Å². The van der Waals surface area contributed by atoms with Crippen LogP contribution in [0.15, 0.2) is 18.2 Å². The zero-order valence-electron chi connectivity index (χ0n) is 16.0. The Morgan fingerprint density at radius 3 is 2.71 bits per heavy atom. The van der Waals surface area contributed by atoms with Crippen LogP contribution in [-0.4, -0.2) is 36.2 Å². The van der Waals surface area contributed by atoms with E-state index in [2.05, 4.69) is 44.3 Å². The minimum atomic E-state index is -0.441. The maximum absolute atomic E-state index is 12.3. The number of carbonyl (C=O) groups excluding carboxylic acids is 1. The highest BCUT2D eigenvalue weighted by Gasteiger charge is 2.34. The number of ether oxygens (including phenoxy) is 1. The van der Waals surface area contributed by atoms with E-state index in [1.807, 2.05) is 25.7 Å². The van der Waals surface area contributed by atoms with Crippen molar-refractivity contribution >= 4 is 6.09 Å². The van der Waals surface area contributed by atoms with E-state index in [0.29, 0.717) is 5.92 Å². The second-order valence-corrected chi connectivity index (χ2v) is 7.80. The number of benzene rings is 1. The Hall–Kier alpha value is -1.55. The average Bonchev–Trinajstić information content (AvgIpc) is 2.96. The molecule has 1 aliphatic heterocycles. The predicted octanol–water partition coefficient (Wildman–Crippen LogP) is 4.21. The fraction of sp³-hybridized carbons (Fsp3) is 0.650. The standard InChI is InChI=1S/C20H32N2O2/c1-7-21-18(17-10-8-9-14(2)15(17)3)16-11-12-22(13-16)19(23)24-20(4,5)6/h8-10,16,18,21H,7,11-13H2,1-6H3. The van der Waals surface area contributed by atoms with Gasteiger partial charge in [0.15, 0.2) is 0 Å². The molecule has 4 heteroatoms. The van der Waals surface area contributed by atoms with Gasteiger partial charge in [0.1, 0.15) is 5.60 Å². The first kappa shape index (κ1) is 18.8. The number of carbonyl (C=O) groups is 1. The molecule has 1 amide bonds. The quantitative estimate of drug-likeness (QED) is 0.898. The molecule has 0 spiro atoms. The van der Waals surface area contributed by atoms with Gasteiger partial charge in [-0.2, -0.15) is 0 Å². The highest BCUT2D eigenvalue weighted by Crippen LogP contribution is 2.33. The molecule has 1 heterocycles. The summed E-state index contributed by atoms with van der Waals surface area (Å²) in [6, 6.07) is 6.78. The van der Waals surface area contributed by atoms with Gasteiger partial charge in [-0.15, -0.1) is 0 Å². The Balaban J connectivity index is 2.13. The van der Waals surface area contributed by atoms with E-state index in [1.165, 1.54) is 16.7 Å². The number of aryl methyl sites for hydroxylation is 1. The van der Waals surface area contributed by atoms with Crippen molar-refractivity contribution in [3.8, 4) is 0 Å². The van der Waals surface area contributed by atoms with E-state index in [0.717, 1.165) is 26.1 Å². The van der Waals surface area contributed by atoms with Crippen LogP contribution in [0.4, 0.5) is 4.79 Å². The minimum Gasteiger partial charge on any atom is -0.444 e. The second kappa shape index (κ2) is 7.56. The molecule has 134 valence electrons. The lowest BCUT2D eigenvalue weighted by Gasteiger charge is -2.28. The average molecular weight is 332 g/mol. The van der Waals surface area contributed by atoms with Crippen molar-refractivity contribution in [2.24, 2.45) is 5.92 Å². The molecule has 0 aliphatic carbocycles. The van der Waals surface area contributed by atoms with Crippen molar-refractivity contribution in [3.05, 3.63) is 34.9 Å². The number of nitrogens with zero attached hydrogens (tertiary/aromatic N) is 1. The first-order chi connectivity index (χ1) is 11.2. The van der Waals surface area contributed by atoms with E-state index in [-0.39, 0.29) is 12.1 Å². The third kappa shape index (κ3) is 4.50. The molecule has 0 radical (unpaired) electrons. The maximum atomic E-state index is 12.3. The molecule has 1 aliphatic rings. The molecular formula is C20H32N2O2. The Kier molecular flexibility index (Phi) is 5.92. The van der Waals surface area contributed by atoms with Gasteiger partial charge in [-0.1, -0.05) is 25.1 Å². The smallest absolute Gasteiger partial charge is 0.410 e. The topological polar surface area (TPSA) is 41.6 Å². The number of amides is 1. The molecule has 24 heavy (non-hydrogen) atoms. The van der Waals surface area contributed by atoms with Crippen LogP contribution in [0.1, 0.15) is 56.8 Å². The summed E-state index contributed by atoms with van der Waals surface area (Å²) in [7, 11) is 0. The lowest BCUT2D eigenvalue weighted by atomic mass is 9.88. The van der Waals surface area contributed by atoms with Crippen LogP contribution in [0, 0.1) is 19.8 Å². The summed E-state index contributed by atoms with van der Waals surface area (Å²) in [6.45, 7) is 14.7. The molecular weight excluding hydrogens is 300 g/mol. The molecule has 0 saturated carbocycles. The highest BCUT2D eigenvalue weighted by atomic mass is 16.6. The van der Waals surface area contributed by atoms with Crippen molar-refractivity contribution in [2.45, 2.75) is 59.6 Å². The lowest BCUT2D eigenvalue weighted by molar-refractivity contribution is 0.0285. The maximum Gasteiger partial charge on any atom is 0.410 e. The van der Waals surface area contributed by atoms with Gasteiger partial charge in [0.2, 0.25) is 0 Å². The molecule has 1 fully saturated rings. The van der Waals surface area contributed by atoms with Gasteiger partial charge in [0.05, 0.1) is 0 Å². The van der Waals surface area contributed by atoms with E-state index in [9.17, 15) is 4.79 Å². The number of hydrogen-bond acceptors (Lipinski definition) is 3. The van der Waals surface area contributed by atoms with Crippen molar-refractivity contribution in [2.75, 3.05) is 19.6 Å². The van der Waals surface area contributed by atoms with Crippen LogP contribution in [0.2, 0.25) is 0 Å². The number of hydrogen-bond donors (Lipinski definition) is 1. The molecule has 0 bridgehead atoms. The molecule has 0 aromatic heterocycles. The summed E-state index contributed by atoms with van der Waals surface area (Å²) < 4.78 is 5.52. The van der Waals surface area contributed by atoms with Gasteiger partial charge >= 0.3 is 6.09 Å². The van der Waals surface area contributed by atoms with Crippen molar-refractivity contribution in [1.29, 1.82) is 0 Å². The van der Waals surface area contributed by atoms with Gasteiger partial charge in [0.25, 0.3) is 0 Å². The van der Waals surface area contributed by atoms with Crippen LogP contribution in [-0.2, 0) is 4.74 Å². The fourth-order valence-corrected chi connectivity index (χ4v) is 3.41. The van der Waals surface area contributed by atoms with E-state index in [4.69, 9.17) is 4.74 Å². The summed E-state index contributed by atoms with van der Waals surface area (Å²) in [5.74, 6) is 0.415. The normalized spacial score (nSPS) is 19.4. The van der Waals surface area contributed by atoms with Gasteiger partial charge in [-0.05, 0) is 70.2 Å². The van der Waals surface area contributed by atoms with Gasteiger partial charge in [-0.25, -0.2) is 4.79 Å². The third-order valence-corrected chi connectivity index (χ3v) is 4.75. The van der Waals surface area contributed by atoms with Crippen LogP contribution in [0.3, 0.4) is 0 Å². The minimum absolute atomic E-state index is 0.193. The molecule has 4 nitrogen and oxygen atoms in total. The number of rotatable bonds is 4. The Morgan fingerprint density at radius 1 is 1.38 bits per heavy atom. The molecule has 1 N–H and O–H groups in total. The van der Waals surface area contributed by atoms with Gasteiger partial charge < -0.3 is 15.0 Å². The van der Waals surface area contributed by atoms with Crippen LogP contribution >= 0.6 is 0 Å². The van der Waals surface area contributed by atoms with Gasteiger partial charge in [0, 0.05) is 19.1 Å². The summed E-state index contributed by atoms with van der Waals surface area (Å²) in [5, 5.41) is 3.64. The number of nitrogens with one attached hydrogen (secondary N) is 1. The van der Waals surface area contributed by atoms with Crippen molar-refractivity contribution in [3.63, 3.8) is 0 Å².